The molecule has 2 heterocycles. The van der Waals surface area contributed by atoms with E-state index >= 15 is 0 Å². The molecule has 6 heteroatoms. The Morgan fingerprint density at radius 3 is 2.13 bits per heavy atom. The second-order valence-corrected chi connectivity index (χ2v) is 4.03. The molecule has 0 saturated carbocycles. The van der Waals surface area contributed by atoms with Gasteiger partial charge in [0.25, 0.3) is 0 Å². The minimum Gasteiger partial charge on any atom is -0.381 e. The van der Waals surface area contributed by atoms with Crippen molar-refractivity contribution in [1.29, 1.82) is 0 Å². The van der Waals surface area contributed by atoms with Crippen LogP contribution in [0.25, 0.3) is 0 Å². The van der Waals surface area contributed by atoms with E-state index in [1.807, 2.05) is 13.8 Å². The normalized spacial score (nSPS) is 27.3. The highest BCUT2D eigenvalue weighted by atomic mass is 16.9. The van der Waals surface area contributed by atoms with Gasteiger partial charge in [0, 0.05) is 17.7 Å². The van der Waals surface area contributed by atoms with Crippen LogP contribution in [0.2, 0.25) is 0 Å². The minimum absolute atomic E-state index is 0.271. The Bertz CT molecular complexity index is 326. The third-order valence-electron chi connectivity index (χ3n) is 1.94. The first-order valence-electron chi connectivity index (χ1n) is 4.48. The van der Waals surface area contributed by atoms with E-state index in [9.17, 15) is 9.59 Å². The molecule has 0 atom stereocenters. The predicted octanol–water partition coefficient (Wildman–Crippen LogP) is -0.348. The van der Waals surface area contributed by atoms with Crippen molar-refractivity contribution in [3.63, 3.8) is 0 Å². The van der Waals surface area contributed by atoms with Gasteiger partial charge in [-0.2, -0.15) is 0 Å². The first-order valence-corrected chi connectivity index (χ1v) is 4.48. The maximum Gasteiger partial charge on any atom is 0.449 e. The zero-order chi connectivity index (χ0) is 11.1. The molecule has 2 aliphatic rings. The summed E-state index contributed by atoms with van der Waals surface area (Å²) in [6.07, 6.45) is 0.210. The largest absolute Gasteiger partial charge is 0.449 e. The Balaban J connectivity index is 2.22. The Hall–Kier alpha value is -1.40. The Morgan fingerprint density at radius 2 is 1.73 bits per heavy atom. The second kappa shape index (κ2) is 3.04. The molecule has 6 nitrogen and oxygen atoms in total. The maximum atomic E-state index is 11.1. The molecule has 0 radical (unpaired) electrons. The topological polar surface area (TPSA) is 73.9 Å². The van der Waals surface area contributed by atoms with Crippen molar-refractivity contribution in [3.05, 3.63) is 12.2 Å². The Labute approximate surface area is 86.2 Å². The fourth-order valence-corrected chi connectivity index (χ4v) is 1.36. The van der Waals surface area contributed by atoms with E-state index in [-0.39, 0.29) is 6.61 Å². The van der Waals surface area contributed by atoms with E-state index in [0.29, 0.717) is 0 Å². The van der Waals surface area contributed by atoms with Crippen molar-refractivity contribution in [3.8, 4) is 0 Å². The fraction of sp³-hybridized carbons (Fsp3) is 0.556. The standard InChI is InChI=1S/C9H11NO5/c1-8(2)5-13-9(10-8)14-6(11)3-4-7(12)15-9/h3-4,10H,5H2,1-2H3. The van der Waals surface area contributed by atoms with Crippen LogP contribution in [-0.2, 0) is 23.8 Å². The number of hydrogen-bond acceptors (Lipinski definition) is 6. The summed E-state index contributed by atoms with van der Waals surface area (Å²) in [4.78, 5) is 22.3. The van der Waals surface area contributed by atoms with Gasteiger partial charge >= 0.3 is 18.0 Å². The Kier molecular flexibility index (Phi) is 2.06. The van der Waals surface area contributed by atoms with Gasteiger partial charge in [-0.15, -0.1) is 0 Å². The van der Waals surface area contributed by atoms with Crippen LogP contribution in [0, 0.1) is 0 Å². The molecule has 0 aromatic carbocycles. The van der Waals surface area contributed by atoms with Crippen molar-refractivity contribution in [2.24, 2.45) is 0 Å². The third-order valence-corrected chi connectivity index (χ3v) is 1.94. The first-order chi connectivity index (χ1) is 6.91. The van der Waals surface area contributed by atoms with Crippen LogP contribution in [0.3, 0.4) is 0 Å². The zero-order valence-electron chi connectivity index (χ0n) is 8.40. The molecule has 1 fully saturated rings. The van der Waals surface area contributed by atoms with Gasteiger partial charge in [0.15, 0.2) is 0 Å². The van der Waals surface area contributed by atoms with Gasteiger partial charge < -0.3 is 9.47 Å². The maximum absolute atomic E-state index is 11.1. The van der Waals surface area contributed by atoms with Gasteiger partial charge in [-0.05, 0) is 13.8 Å². The molecule has 82 valence electrons. The molecule has 0 aliphatic carbocycles. The molecule has 0 aromatic rings. The van der Waals surface area contributed by atoms with Gasteiger partial charge in [-0.25, -0.2) is 14.9 Å². The van der Waals surface area contributed by atoms with Crippen LogP contribution in [0.15, 0.2) is 12.2 Å². The molecular weight excluding hydrogens is 202 g/mol. The molecule has 0 unspecified atom stereocenters. The summed E-state index contributed by atoms with van der Waals surface area (Å²) in [5, 5.41) is 2.80. The molecule has 0 bridgehead atoms. The van der Waals surface area contributed by atoms with Crippen LogP contribution < -0.4 is 5.32 Å². The fourth-order valence-electron chi connectivity index (χ4n) is 1.36. The second-order valence-electron chi connectivity index (χ2n) is 4.03. The van der Waals surface area contributed by atoms with Crippen molar-refractivity contribution in [1.82, 2.24) is 5.32 Å². The summed E-state index contributed by atoms with van der Waals surface area (Å²) in [5.41, 5.74) is -0.426. The molecule has 15 heavy (non-hydrogen) atoms. The van der Waals surface area contributed by atoms with Crippen molar-refractivity contribution in [2.75, 3.05) is 6.61 Å². The number of carbonyl (C=O) groups is 2. The highest BCUT2D eigenvalue weighted by Gasteiger charge is 2.51. The summed E-state index contributed by atoms with van der Waals surface area (Å²) < 4.78 is 14.9. The van der Waals surface area contributed by atoms with E-state index in [0.717, 1.165) is 12.2 Å². The van der Waals surface area contributed by atoms with Gasteiger partial charge in [-0.3, -0.25) is 4.74 Å². The number of hydrogen-bond donors (Lipinski definition) is 1. The van der Waals surface area contributed by atoms with E-state index in [4.69, 9.17) is 14.2 Å². The number of carbonyl (C=O) groups excluding carboxylic acids is 2. The van der Waals surface area contributed by atoms with E-state index < -0.39 is 23.6 Å². The van der Waals surface area contributed by atoms with Crippen molar-refractivity contribution < 1.29 is 23.8 Å². The lowest BCUT2D eigenvalue weighted by molar-refractivity contribution is -0.333. The number of ether oxygens (including phenoxy) is 3. The minimum atomic E-state index is -1.78. The van der Waals surface area contributed by atoms with Crippen LogP contribution >= 0.6 is 0 Å². The van der Waals surface area contributed by atoms with E-state index in [2.05, 4.69) is 5.32 Å². The lowest BCUT2D eigenvalue weighted by Crippen LogP contribution is -2.53. The SMILES string of the molecule is CC1(C)COC2(N1)OC(=O)C=CC(=O)O2. The molecular formula is C9H11NO5. The molecule has 1 saturated heterocycles. The highest BCUT2D eigenvalue weighted by molar-refractivity contribution is 5.93. The first kappa shape index (κ1) is 10.1. The molecule has 2 rings (SSSR count). The monoisotopic (exact) mass is 213 g/mol. The summed E-state index contributed by atoms with van der Waals surface area (Å²) in [5.74, 6) is -1.38. The van der Waals surface area contributed by atoms with Crippen LogP contribution in [0.1, 0.15) is 13.8 Å². The predicted molar refractivity (Wildman–Crippen MR) is 47.2 cm³/mol. The number of rotatable bonds is 0. The molecule has 0 amide bonds. The molecule has 1 spiro atoms. The quantitative estimate of drug-likeness (QED) is 0.554. The lowest BCUT2D eigenvalue weighted by Gasteiger charge is -2.26. The zero-order valence-corrected chi connectivity index (χ0v) is 8.40. The van der Waals surface area contributed by atoms with Gasteiger partial charge in [0.05, 0.1) is 6.61 Å². The van der Waals surface area contributed by atoms with Gasteiger partial charge in [-0.1, -0.05) is 0 Å². The van der Waals surface area contributed by atoms with Gasteiger partial charge in [0.1, 0.15) is 0 Å². The molecule has 0 aromatic heterocycles. The average Bonchev–Trinajstić information content (AvgIpc) is 2.29. The number of esters is 2. The lowest BCUT2D eigenvalue weighted by atomic mass is 10.1. The Morgan fingerprint density at radius 1 is 1.20 bits per heavy atom. The summed E-state index contributed by atoms with van der Waals surface area (Å²) >= 11 is 0. The van der Waals surface area contributed by atoms with Crippen LogP contribution in [0.5, 0.6) is 0 Å². The van der Waals surface area contributed by atoms with Crippen molar-refractivity contribution >= 4 is 11.9 Å². The number of nitrogens with one attached hydrogen (secondary N) is 1. The summed E-state index contributed by atoms with van der Waals surface area (Å²) in [7, 11) is 0. The van der Waals surface area contributed by atoms with E-state index in [1.165, 1.54) is 0 Å². The van der Waals surface area contributed by atoms with Crippen molar-refractivity contribution in [2.45, 2.75) is 25.5 Å². The highest BCUT2D eigenvalue weighted by Crippen LogP contribution is 2.27. The van der Waals surface area contributed by atoms with Crippen LogP contribution in [0.4, 0.5) is 0 Å². The van der Waals surface area contributed by atoms with Gasteiger partial charge in [0.2, 0.25) is 0 Å². The smallest absolute Gasteiger partial charge is 0.381 e. The molecule has 2 aliphatic heterocycles. The summed E-state index contributed by atoms with van der Waals surface area (Å²) in [6.45, 7) is 3.94. The summed E-state index contributed by atoms with van der Waals surface area (Å²) in [6, 6.07) is 0. The van der Waals surface area contributed by atoms with E-state index in [1.54, 1.807) is 0 Å². The molecule has 1 N–H and O–H groups in total. The average molecular weight is 213 g/mol. The third kappa shape index (κ3) is 2.00. The van der Waals surface area contributed by atoms with Crippen LogP contribution in [-0.4, -0.2) is 30.2 Å².